The van der Waals surface area contributed by atoms with Gasteiger partial charge in [0, 0.05) is 0 Å². The molecule has 1 N–H and O–H groups in total. The van der Waals surface area contributed by atoms with Crippen LogP contribution in [0.15, 0.2) is 29.2 Å². The van der Waals surface area contributed by atoms with Gasteiger partial charge >= 0.3 is 5.97 Å². The summed E-state index contributed by atoms with van der Waals surface area (Å²) in [5.74, 6) is -1.47. The van der Waals surface area contributed by atoms with Crippen molar-refractivity contribution in [1.29, 1.82) is 0 Å². The van der Waals surface area contributed by atoms with E-state index in [2.05, 4.69) is 0 Å². The van der Waals surface area contributed by atoms with Crippen molar-refractivity contribution in [2.24, 2.45) is 0 Å². The fraction of sp³-hybridized carbons (Fsp3) is 0. The largest absolute Gasteiger partial charge is 0.477 e. The lowest BCUT2D eigenvalue weighted by molar-refractivity contribution is 0.0693. The molecule has 1 heterocycles. The molecular formula is C10H5ClFNO3. The Morgan fingerprint density at radius 3 is 2.75 bits per heavy atom. The molecule has 0 unspecified atom stereocenters. The third kappa shape index (κ3) is 1.45. The molecular weight excluding hydrogens is 237 g/mol. The van der Waals surface area contributed by atoms with Crippen molar-refractivity contribution in [3.63, 3.8) is 0 Å². The van der Waals surface area contributed by atoms with E-state index in [0.717, 1.165) is 0 Å². The van der Waals surface area contributed by atoms with Crippen LogP contribution in [-0.2, 0) is 0 Å². The van der Waals surface area contributed by atoms with Gasteiger partial charge in [0.2, 0.25) is 5.43 Å². The van der Waals surface area contributed by atoms with Crippen molar-refractivity contribution in [3.05, 3.63) is 45.2 Å². The molecule has 0 fully saturated rings. The molecule has 0 radical (unpaired) electrons. The zero-order chi connectivity index (χ0) is 11.9. The number of carboxylic acids is 1. The van der Waals surface area contributed by atoms with E-state index in [1.807, 2.05) is 0 Å². The summed E-state index contributed by atoms with van der Waals surface area (Å²) in [6.45, 7) is 0. The summed E-state index contributed by atoms with van der Waals surface area (Å²) < 4.78 is 13.5. The van der Waals surface area contributed by atoms with Crippen molar-refractivity contribution in [2.45, 2.75) is 0 Å². The van der Waals surface area contributed by atoms with Crippen molar-refractivity contribution in [2.75, 3.05) is 0 Å². The molecule has 0 bridgehead atoms. The van der Waals surface area contributed by atoms with Crippen LogP contribution in [0.1, 0.15) is 10.4 Å². The zero-order valence-electron chi connectivity index (χ0n) is 7.78. The number of aromatic carboxylic acids is 1. The normalized spacial score (nSPS) is 10.6. The summed E-state index contributed by atoms with van der Waals surface area (Å²) in [6.07, 6.45) is 0.610. The number of halogens is 2. The Bertz CT molecular complexity index is 650. The van der Waals surface area contributed by atoms with E-state index >= 15 is 0 Å². The fourth-order valence-corrected chi connectivity index (χ4v) is 1.70. The van der Waals surface area contributed by atoms with Crippen LogP contribution in [0.2, 0.25) is 5.02 Å². The summed E-state index contributed by atoms with van der Waals surface area (Å²) in [6, 6.07) is 4.20. The van der Waals surface area contributed by atoms with Crippen molar-refractivity contribution >= 4 is 28.5 Å². The Morgan fingerprint density at radius 1 is 1.44 bits per heavy atom. The molecule has 16 heavy (non-hydrogen) atoms. The predicted octanol–water partition coefficient (Wildman–Crippen LogP) is 2.09. The molecule has 0 aliphatic rings. The van der Waals surface area contributed by atoms with Gasteiger partial charge in [-0.3, -0.25) is 4.79 Å². The Hall–Kier alpha value is -1.88. The van der Waals surface area contributed by atoms with Crippen LogP contribution in [0.4, 0.5) is 4.48 Å². The highest BCUT2D eigenvalue weighted by molar-refractivity contribution is 6.35. The summed E-state index contributed by atoms with van der Waals surface area (Å²) in [4.78, 5) is 22.4. The van der Waals surface area contributed by atoms with Gasteiger partial charge in [0.05, 0.1) is 16.6 Å². The van der Waals surface area contributed by atoms with Crippen LogP contribution in [0, 0.1) is 0 Å². The monoisotopic (exact) mass is 241 g/mol. The molecule has 0 atom stereocenters. The fourth-order valence-electron chi connectivity index (χ4n) is 1.45. The molecule has 2 aromatic rings. The quantitative estimate of drug-likeness (QED) is 0.832. The Kier molecular flexibility index (Phi) is 2.40. The molecule has 0 saturated carbocycles. The second-order valence-corrected chi connectivity index (χ2v) is 3.53. The van der Waals surface area contributed by atoms with Crippen LogP contribution >= 0.6 is 11.6 Å². The minimum Gasteiger partial charge on any atom is -0.477 e. The number of carbonyl (C=O) groups is 1. The standard InChI is InChI=1S/C10H5ClFNO3/c11-7-3-1-2-5-8(7)13(12)4-6(9(5)14)10(15)16/h1-4H,(H,15,16). The lowest BCUT2D eigenvalue weighted by Crippen LogP contribution is -2.17. The maximum Gasteiger partial charge on any atom is 0.341 e. The number of rotatable bonds is 1. The maximum atomic E-state index is 13.5. The smallest absolute Gasteiger partial charge is 0.341 e. The third-order valence-electron chi connectivity index (χ3n) is 2.16. The minimum absolute atomic E-state index is 0.0442. The molecule has 4 nitrogen and oxygen atoms in total. The highest BCUT2D eigenvalue weighted by Crippen LogP contribution is 2.21. The molecule has 1 aromatic heterocycles. The van der Waals surface area contributed by atoms with E-state index in [4.69, 9.17) is 16.7 Å². The summed E-state index contributed by atoms with van der Waals surface area (Å²) in [5.41, 5.74) is -1.50. The van der Waals surface area contributed by atoms with E-state index in [1.54, 1.807) is 0 Å². The Balaban J connectivity index is 3.02. The molecule has 2 rings (SSSR count). The second-order valence-electron chi connectivity index (χ2n) is 3.12. The third-order valence-corrected chi connectivity index (χ3v) is 2.47. The molecule has 1 aromatic carbocycles. The van der Waals surface area contributed by atoms with E-state index < -0.39 is 17.0 Å². The lowest BCUT2D eigenvalue weighted by atomic mass is 10.1. The Morgan fingerprint density at radius 2 is 2.12 bits per heavy atom. The van der Waals surface area contributed by atoms with Crippen molar-refractivity contribution in [1.82, 2.24) is 4.79 Å². The van der Waals surface area contributed by atoms with Gasteiger partial charge < -0.3 is 5.11 Å². The van der Waals surface area contributed by atoms with E-state index in [-0.39, 0.29) is 20.7 Å². The number of nitrogens with zero attached hydrogens (tertiary/aromatic N) is 1. The summed E-state index contributed by atoms with van der Waals surface area (Å²) in [5, 5.41) is 8.70. The SMILES string of the molecule is O=C(O)c1cn(F)c2c(Cl)cccc2c1=O. The number of hydrogen-bond donors (Lipinski definition) is 1. The number of pyridine rings is 1. The van der Waals surface area contributed by atoms with Crippen LogP contribution in [0.5, 0.6) is 0 Å². The van der Waals surface area contributed by atoms with E-state index in [0.29, 0.717) is 6.20 Å². The first kappa shape index (κ1) is 10.6. The van der Waals surface area contributed by atoms with Gasteiger partial charge in [-0.1, -0.05) is 22.1 Å². The molecule has 0 aliphatic carbocycles. The molecule has 0 saturated heterocycles. The van der Waals surface area contributed by atoms with Gasteiger partial charge in [0.1, 0.15) is 11.1 Å². The van der Waals surface area contributed by atoms with Gasteiger partial charge in [-0.25, -0.2) is 4.79 Å². The van der Waals surface area contributed by atoms with Gasteiger partial charge in [0.15, 0.2) is 0 Å². The predicted molar refractivity (Wildman–Crippen MR) is 56.7 cm³/mol. The molecule has 0 spiro atoms. The lowest BCUT2D eigenvalue weighted by Gasteiger charge is -2.04. The molecule has 0 amide bonds. The topological polar surface area (TPSA) is 59.3 Å². The number of carboxylic acid groups (broad SMARTS) is 1. The maximum absolute atomic E-state index is 13.5. The highest BCUT2D eigenvalue weighted by Gasteiger charge is 2.15. The highest BCUT2D eigenvalue weighted by atomic mass is 35.5. The second kappa shape index (κ2) is 3.61. The van der Waals surface area contributed by atoms with Gasteiger partial charge in [0.25, 0.3) is 0 Å². The number of hydrogen-bond acceptors (Lipinski definition) is 2. The summed E-state index contributed by atoms with van der Waals surface area (Å²) >= 11 is 5.72. The number of para-hydroxylation sites is 1. The van der Waals surface area contributed by atoms with E-state index in [1.165, 1.54) is 18.2 Å². The minimum atomic E-state index is -1.47. The van der Waals surface area contributed by atoms with Gasteiger partial charge in [-0.2, -0.15) is 4.79 Å². The summed E-state index contributed by atoms with van der Waals surface area (Å²) in [7, 11) is 0. The molecule has 0 aliphatic heterocycles. The van der Waals surface area contributed by atoms with E-state index in [9.17, 15) is 14.1 Å². The number of fused-ring (bicyclic) bond motifs is 1. The molecule has 82 valence electrons. The first-order valence-corrected chi connectivity index (χ1v) is 4.63. The van der Waals surface area contributed by atoms with Crippen LogP contribution in [-0.4, -0.2) is 15.9 Å². The molecule has 6 heteroatoms. The van der Waals surface area contributed by atoms with Gasteiger partial charge in [-0.15, -0.1) is 0 Å². The number of benzene rings is 1. The van der Waals surface area contributed by atoms with Crippen molar-refractivity contribution < 1.29 is 14.4 Å². The van der Waals surface area contributed by atoms with Crippen molar-refractivity contribution in [3.8, 4) is 0 Å². The first-order chi connectivity index (χ1) is 7.52. The van der Waals surface area contributed by atoms with Crippen LogP contribution < -0.4 is 5.43 Å². The Labute approximate surface area is 93.4 Å². The first-order valence-electron chi connectivity index (χ1n) is 4.25. The van der Waals surface area contributed by atoms with Gasteiger partial charge in [-0.05, 0) is 12.1 Å². The average molecular weight is 242 g/mol. The van der Waals surface area contributed by atoms with Crippen LogP contribution in [0.25, 0.3) is 10.9 Å². The van der Waals surface area contributed by atoms with Crippen LogP contribution in [0.3, 0.4) is 0 Å². The average Bonchev–Trinajstić information content (AvgIpc) is 2.22. The zero-order valence-corrected chi connectivity index (χ0v) is 8.53. The number of aromatic nitrogens is 1.